The molecule has 0 aliphatic carbocycles. The molecular formula is C11H20N2O3. The fourth-order valence-corrected chi connectivity index (χ4v) is 1.44. The Kier molecular flexibility index (Phi) is 6.41. The van der Waals surface area contributed by atoms with E-state index in [-0.39, 0.29) is 37.4 Å². The van der Waals surface area contributed by atoms with Gasteiger partial charge in [0, 0.05) is 13.1 Å². The van der Waals surface area contributed by atoms with E-state index in [4.69, 9.17) is 10.8 Å². The van der Waals surface area contributed by atoms with Gasteiger partial charge in [-0.1, -0.05) is 19.9 Å². The van der Waals surface area contributed by atoms with Crippen molar-refractivity contribution in [3.8, 4) is 0 Å². The summed E-state index contributed by atoms with van der Waals surface area (Å²) in [6.45, 7) is 7.43. The summed E-state index contributed by atoms with van der Waals surface area (Å²) in [5.74, 6) is -1.49. The SMILES string of the molecule is C=CCN(CC(=O)O)C(=O)C(CN)C(C)C. The molecule has 1 unspecified atom stereocenters. The number of amides is 1. The summed E-state index contributed by atoms with van der Waals surface area (Å²) < 4.78 is 0. The van der Waals surface area contributed by atoms with Crippen LogP contribution < -0.4 is 5.73 Å². The lowest BCUT2D eigenvalue weighted by atomic mass is 9.94. The highest BCUT2D eigenvalue weighted by Crippen LogP contribution is 2.13. The van der Waals surface area contributed by atoms with Crippen molar-refractivity contribution in [2.24, 2.45) is 17.6 Å². The second-order valence-corrected chi connectivity index (χ2v) is 3.99. The molecule has 0 saturated heterocycles. The number of rotatable bonds is 7. The Morgan fingerprint density at radius 2 is 2.06 bits per heavy atom. The Labute approximate surface area is 95.9 Å². The van der Waals surface area contributed by atoms with Crippen molar-refractivity contribution in [2.45, 2.75) is 13.8 Å². The van der Waals surface area contributed by atoms with Crippen LogP contribution in [0.15, 0.2) is 12.7 Å². The third kappa shape index (κ3) is 4.44. The first-order valence-electron chi connectivity index (χ1n) is 5.25. The van der Waals surface area contributed by atoms with Gasteiger partial charge in [0.2, 0.25) is 5.91 Å². The lowest BCUT2D eigenvalue weighted by Gasteiger charge is -2.26. The molecule has 0 aliphatic heterocycles. The second-order valence-electron chi connectivity index (χ2n) is 3.99. The molecule has 5 heteroatoms. The molecule has 0 saturated carbocycles. The highest BCUT2D eigenvalue weighted by atomic mass is 16.4. The lowest BCUT2D eigenvalue weighted by Crippen LogP contribution is -2.43. The highest BCUT2D eigenvalue weighted by molar-refractivity contribution is 5.83. The Hall–Kier alpha value is -1.36. The topological polar surface area (TPSA) is 83.6 Å². The van der Waals surface area contributed by atoms with Crippen LogP contribution in [0.4, 0.5) is 0 Å². The molecule has 0 bridgehead atoms. The van der Waals surface area contributed by atoms with Gasteiger partial charge in [0.05, 0.1) is 5.92 Å². The largest absolute Gasteiger partial charge is 0.480 e. The molecule has 0 aromatic rings. The standard InChI is InChI=1S/C11H20N2O3/c1-4-5-13(7-10(14)15)11(16)9(6-12)8(2)3/h4,8-9H,1,5-7,12H2,2-3H3,(H,14,15). The highest BCUT2D eigenvalue weighted by Gasteiger charge is 2.26. The van der Waals surface area contributed by atoms with E-state index in [1.165, 1.54) is 11.0 Å². The van der Waals surface area contributed by atoms with E-state index in [1.54, 1.807) is 0 Å². The van der Waals surface area contributed by atoms with Gasteiger partial charge in [0.15, 0.2) is 0 Å². The predicted octanol–water partition coefficient (Wildman–Crippen LogP) is 0.317. The summed E-state index contributed by atoms with van der Waals surface area (Å²) in [7, 11) is 0. The average Bonchev–Trinajstić information content (AvgIpc) is 2.16. The van der Waals surface area contributed by atoms with Crippen LogP contribution in [0, 0.1) is 11.8 Å². The van der Waals surface area contributed by atoms with Crippen molar-refractivity contribution < 1.29 is 14.7 Å². The molecule has 0 radical (unpaired) electrons. The van der Waals surface area contributed by atoms with Gasteiger partial charge in [-0.25, -0.2) is 0 Å². The third-order valence-electron chi connectivity index (χ3n) is 2.36. The van der Waals surface area contributed by atoms with Gasteiger partial charge in [-0.3, -0.25) is 9.59 Å². The van der Waals surface area contributed by atoms with Crippen LogP contribution in [-0.2, 0) is 9.59 Å². The quantitative estimate of drug-likeness (QED) is 0.614. The summed E-state index contributed by atoms with van der Waals surface area (Å²) in [6, 6.07) is 0. The minimum atomic E-state index is -1.03. The summed E-state index contributed by atoms with van der Waals surface area (Å²) in [4.78, 5) is 23.8. The van der Waals surface area contributed by atoms with Crippen LogP contribution in [0.5, 0.6) is 0 Å². The third-order valence-corrected chi connectivity index (χ3v) is 2.36. The normalized spacial score (nSPS) is 12.2. The molecule has 16 heavy (non-hydrogen) atoms. The number of hydrogen-bond acceptors (Lipinski definition) is 3. The summed E-state index contributed by atoms with van der Waals surface area (Å²) in [6.07, 6.45) is 1.51. The van der Waals surface area contributed by atoms with Crippen LogP contribution in [0.3, 0.4) is 0 Å². The van der Waals surface area contributed by atoms with E-state index in [2.05, 4.69) is 6.58 Å². The van der Waals surface area contributed by atoms with E-state index in [1.807, 2.05) is 13.8 Å². The summed E-state index contributed by atoms with van der Waals surface area (Å²) in [5, 5.41) is 8.69. The summed E-state index contributed by atoms with van der Waals surface area (Å²) >= 11 is 0. The molecule has 5 nitrogen and oxygen atoms in total. The lowest BCUT2D eigenvalue weighted by molar-refractivity contribution is -0.146. The van der Waals surface area contributed by atoms with Crippen molar-refractivity contribution in [1.29, 1.82) is 0 Å². The van der Waals surface area contributed by atoms with Gasteiger partial charge in [-0.15, -0.1) is 6.58 Å². The second kappa shape index (κ2) is 7.00. The number of nitrogens with two attached hydrogens (primary N) is 1. The molecule has 92 valence electrons. The van der Waals surface area contributed by atoms with Gasteiger partial charge in [-0.2, -0.15) is 0 Å². The Morgan fingerprint density at radius 3 is 2.38 bits per heavy atom. The molecule has 1 atom stereocenters. The number of nitrogens with zero attached hydrogens (tertiary/aromatic N) is 1. The van der Waals surface area contributed by atoms with E-state index < -0.39 is 5.97 Å². The Morgan fingerprint density at radius 1 is 1.50 bits per heavy atom. The number of carbonyl (C=O) groups is 2. The van der Waals surface area contributed by atoms with E-state index in [0.717, 1.165) is 0 Å². The van der Waals surface area contributed by atoms with Gasteiger partial charge < -0.3 is 15.7 Å². The molecule has 0 aliphatic rings. The maximum atomic E-state index is 12.0. The molecule has 0 aromatic heterocycles. The molecule has 0 spiro atoms. The minimum Gasteiger partial charge on any atom is -0.480 e. The van der Waals surface area contributed by atoms with Crippen LogP contribution in [0.1, 0.15) is 13.8 Å². The first-order valence-corrected chi connectivity index (χ1v) is 5.25. The molecule has 1 amide bonds. The molecular weight excluding hydrogens is 208 g/mol. The average molecular weight is 228 g/mol. The smallest absolute Gasteiger partial charge is 0.323 e. The van der Waals surface area contributed by atoms with Gasteiger partial charge in [0.25, 0.3) is 0 Å². The van der Waals surface area contributed by atoms with Crippen molar-refractivity contribution in [2.75, 3.05) is 19.6 Å². The van der Waals surface area contributed by atoms with Crippen molar-refractivity contribution in [3.05, 3.63) is 12.7 Å². The number of carboxylic acids is 1. The van der Waals surface area contributed by atoms with E-state index in [9.17, 15) is 9.59 Å². The van der Waals surface area contributed by atoms with Crippen LogP contribution in [0.25, 0.3) is 0 Å². The molecule has 0 heterocycles. The molecule has 0 rings (SSSR count). The Bertz CT molecular complexity index is 264. The minimum absolute atomic E-state index is 0.0959. The maximum absolute atomic E-state index is 12.0. The summed E-state index contributed by atoms with van der Waals surface area (Å²) in [5.41, 5.74) is 5.52. The molecule has 3 N–H and O–H groups in total. The van der Waals surface area contributed by atoms with Crippen LogP contribution >= 0.6 is 0 Å². The van der Waals surface area contributed by atoms with Crippen LogP contribution in [0.2, 0.25) is 0 Å². The van der Waals surface area contributed by atoms with Gasteiger partial charge in [0.1, 0.15) is 6.54 Å². The predicted molar refractivity (Wildman–Crippen MR) is 61.8 cm³/mol. The number of aliphatic carboxylic acids is 1. The number of hydrogen-bond donors (Lipinski definition) is 2. The first-order chi connectivity index (χ1) is 7.43. The first kappa shape index (κ1) is 14.6. The Balaban J connectivity index is 4.69. The van der Waals surface area contributed by atoms with Gasteiger partial charge in [-0.05, 0) is 5.92 Å². The fraction of sp³-hybridized carbons (Fsp3) is 0.636. The number of carbonyl (C=O) groups excluding carboxylic acids is 1. The zero-order chi connectivity index (χ0) is 12.7. The van der Waals surface area contributed by atoms with Crippen molar-refractivity contribution >= 4 is 11.9 Å². The molecule has 0 fully saturated rings. The number of carboxylic acid groups (broad SMARTS) is 1. The van der Waals surface area contributed by atoms with Crippen molar-refractivity contribution in [1.82, 2.24) is 4.90 Å². The van der Waals surface area contributed by atoms with Gasteiger partial charge >= 0.3 is 5.97 Å². The maximum Gasteiger partial charge on any atom is 0.323 e. The fourth-order valence-electron chi connectivity index (χ4n) is 1.44. The zero-order valence-electron chi connectivity index (χ0n) is 9.85. The van der Waals surface area contributed by atoms with Crippen molar-refractivity contribution in [3.63, 3.8) is 0 Å². The van der Waals surface area contributed by atoms with Crippen LogP contribution in [-0.4, -0.2) is 41.5 Å². The zero-order valence-corrected chi connectivity index (χ0v) is 9.85. The molecule has 0 aromatic carbocycles. The van der Waals surface area contributed by atoms with E-state index >= 15 is 0 Å². The van der Waals surface area contributed by atoms with E-state index in [0.29, 0.717) is 0 Å². The monoisotopic (exact) mass is 228 g/mol.